The zero-order valence-electron chi connectivity index (χ0n) is 23.7. The highest BCUT2D eigenvalue weighted by atomic mass is 35.5. The molecule has 0 saturated heterocycles. The van der Waals surface area contributed by atoms with Crippen molar-refractivity contribution in [1.82, 2.24) is 10.2 Å². The summed E-state index contributed by atoms with van der Waals surface area (Å²) in [4.78, 5) is 29.1. The van der Waals surface area contributed by atoms with Crippen molar-refractivity contribution >= 4 is 39.1 Å². The van der Waals surface area contributed by atoms with Gasteiger partial charge in [0.05, 0.1) is 11.9 Å². The maximum absolute atomic E-state index is 14.1. The monoisotopic (exact) mass is 583 g/mol. The lowest BCUT2D eigenvalue weighted by atomic mass is 10.0. The van der Waals surface area contributed by atoms with Crippen LogP contribution in [-0.4, -0.2) is 50.0 Å². The first-order chi connectivity index (χ1) is 18.8. The van der Waals surface area contributed by atoms with E-state index in [1.807, 2.05) is 56.3 Å². The first kappa shape index (κ1) is 31.2. The van der Waals surface area contributed by atoms with Crippen molar-refractivity contribution in [3.63, 3.8) is 0 Å². The summed E-state index contributed by atoms with van der Waals surface area (Å²) in [6, 6.07) is 22.6. The standard InChI is InChI=1S/C31H38ClN3O4S/c1-22(2)26-13-17-28(18-14-26)35(40(5,38)39)21-30(36)34(20-25-11-15-27(32)16-12-25)29(31(37)33-23(3)4)19-24-9-7-6-8-10-24/h6-18,22-23,29H,19-21H2,1-5H3,(H,33,37). The number of hydrogen-bond donors (Lipinski definition) is 1. The van der Waals surface area contributed by atoms with Crippen LogP contribution in [0.1, 0.15) is 50.3 Å². The van der Waals surface area contributed by atoms with Crippen LogP contribution >= 0.6 is 11.6 Å². The fourth-order valence-electron chi connectivity index (χ4n) is 4.36. The average molecular weight is 584 g/mol. The zero-order valence-corrected chi connectivity index (χ0v) is 25.2. The van der Waals surface area contributed by atoms with Gasteiger partial charge in [-0.25, -0.2) is 8.42 Å². The van der Waals surface area contributed by atoms with Crippen LogP contribution in [0.2, 0.25) is 5.02 Å². The highest BCUT2D eigenvalue weighted by Gasteiger charge is 2.33. The normalized spacial score (nSPS) is 12.3. The number of amides is 2. The number of carbonyl (C=O) groups excluding carboxylic acids is 2. The molecule has 0 saturated carbocycles. The molecule has 0 aliphatic heterocycles. The largest absolute Gasteiger partial charge is 0.352 e. The van der Waals surface area contributed by atoms with Gasteiger partial charge in [-0.3, -0.25) is 13.9 Å². The van der Waals surface area contributed by atoms with Gasteiger partial charge in [-0.1, -0.05) is 80.0 Å². The Bertz CT molecular complexity index is 1380. The minimum atomic E-state index is -3.81. The Kier molecular flexibility index (Phi) is 10.8. The molecule has 3 rings (SSSR count). The molecule has 9 heteroatoms. The highest BCUT2D eigenvalue weighted by Crippen LogP contribution is 2.23. The lowest BCUT2D eigenvalue weighted by Crippen LogP contribution is -2.54. The van der Waals surface area contributed by atoms with Crippen LogP contribution in [0.4, 0.5) is 5.69 Å². The van der Waals surface area contributed by atoms with Gasteiger partial charge in [0.25, 0.3) is 0 Å². The van der Waals surface area contributed by atoms with Gasteiger partial charge in [0.2, 0.25) is 21.8 Å². The molecule has 0 bridgehead atoms. The Morgan fingerprint density at radius 2 is 1.45 bits per heavy atom. The van der Waals surface area contributed by atoms with Crippen molar-refractivity contribution in [2.24, 2.45) is 0 Å². The molecule has 3 aromatic carbocycles. The van der Waals surface area contributed by atoms with E-state index in [9.17, 15) is 18.0 Å². The van der Waals surface area contributed by atoms with E-state index in [0.717, 1.165) is 27.3 Å². The van der Waals surface area contributed by atoms with E-state index in [1.54, 1.807) is 36.4 Å². The third-order valence-corrected chi connectivity index (χ3v) is 7.89. The van der Waals surface area contributed by atoms with Crippen molar-refractivity contribution in [3.8, 4) is 0 Å². The predicted octanol–water partition coefficient (Wildman–Crippen LogP) is 5.39. The lowest BCUT2D eigenvalue weighted by molar-refractivity contribution is -0.140. The van der Waals surface area contributed by atoms with Gasteiger partial charge in [0, 0.05) is 24.0 Å². The fraction of sp³-hybridized carbons (Fsp3) is 0.355. The fourth-order valence-corrected chi connectivity index (χ4v) is 5.34. The third-order valence-electron chi connectivity index (χ3n) is 6.50. The minimum Gasteiger partial charge on any atom is -0.352 e. The van der Waals surface area contributed by atoms with E-state index in [2.05, 4.69) is 19.2 Å². The molecule has 0 fully saturated rings. The number of benzene rings is 3. The van der Waals surface area contributed by atoms with Gasteiger partial charge in [0.1, 0.15) is 12.6 Å². The molecule has 0 aliphatic carbocycles. The second kappa shape index (κ2) is 13.8. The summed E-state index contributed by atoms with van der Waals surface area (Å²) in [5.41, 5.74) is 3.09. The Morgan fingerprint density at radius 3 is 1.98 bits per heavy atom. The summed E-state index contributed by atoms with van der Waals surface area (Å²) in [6.07, 6.45) is 1.34. The van der Waals surface area contributed by atoms with E-state index in [-0.39, 0.29) is 30.8 Å². The SMILES string of the molecule is CC(C)NC(=O)C(Cc1ccccc1)N(Cc1ccc(Cl)cc1)C(=O)CN(c1ccc(C(C)C)cc1)S(C)(=O)=O. The summed E-state index contributed by atoms with van der Waals surface area (Å²) in [5, 5.41) is 3.49. The second-order valence-electron chi connectivity index (χ2n) is 10.5. The first-order valence-corrected chi connectivity index (χ1v) is 15.5. The molecule has 40 heavy (non-hydrogen) atoms. The van der Waals surface area contributed by atoms with E-state index in [0.29, 0.717) is 10.7 Å². The van der Waals surface area contributed by atoms with E-state index < -0.39 is 28.5 Å². The Morgan fingerprint density at radius 1 is 0.850 bits per heavy atom. The van der Waals surface area contributed by atoms with Gasteiger partial charge in [-0.2, -0.15) is 0 Å². The number of anilines is 1. The molecule has 7 nitrogen and oxygen atoms in total. The quantitative estimate of drug-likeness (QED) is 0.309. The van der Waals surface area contributed by atoms with E-state index in [4.69, 9.17) is 11.6 Å². The predicted molar refractivity (Wildman–Crippen MR) is 162 cm³/mol. The number of sulfonamides is 1. The molecule has 2 amide bonds. The molecule has 0 heterocycles. The first-order valence-electron chi connectivity index (χ1n) is 13.3. The van der Waals surface area contributed by atoms with Gasteiger partial charge in [0.15, 0.2) is 0 Å². The van der Waals surface area contributed by atoms with Crippen LogP contribution in [0.25, 0.3) is 0 Å². The molecule has 214 valence electrons. The molecule has 0 spiro atoms. The molecule has 1 atom stereocenters. The van der Waals surface area contributed by atoms with Crippen molar-refractivity contribution in [3.05, 3.63) is 101 Å². The maximum Gasteiger partial charge on any atom is 0.244 e. The van der Waals surface area contributed by atoms with Gasteiger partial charge in [-0.05, 0) is 60.7 Å². The average Bonchev–Trinajstić information content (AvgIpc) is 2.89. The zero-order chi connectivity index (χ0) is 29.4. The third kappa shape index (κ3) is 8.83. The summed E-state index contributed by atoms with van der Waals surface area (Å²) in [6.45, 7) is 7.47. The van der Waals surface area contributed by atoms with Crippen LogP contribution in [0.15, 0.2) is 78.9 Å². The van der Waals surface area contributed by atoms with E-state index in [1.165, 1.54) is 4.90 Å². The number of hydrogen-bond acceptors (Lipinski definition) is 4. The summed E-state index contributed by atoms with van der Waals surface area (Å²) in [7, 11) is -3.81. The van der Waals surface area contributed by atoms with Crippen LogP contribution in [0.3, 0.4) is 0 Å². The molecule has 1 N–H and O–H groups in total. The van der Waals surface area contributed by atoms with Gasteiger partial charge in [-0.15, -0.1) is 0 Å². The van der Waals surface area contributed by atoms with Gasteiger partial charge >= 0.3 is 0 Å². The highest BCUT2D eigenvalue weighted by molar-refractivity contribution is 7.92. The molecule has 3 aromatic rings. The van der Waals surface area contributed by atoms with Crippen LogP contribution < -0.4 is 9.62 Å². The smallest absolute Gasteiger partial charge is 0.244 e. The number of carbonyl (C=O) groups is 2. The van der Waals surface area contributed by atoms with Crippen LogP contribution in [-0.2, 0) is 32.6 Å². The molecule has 1 unspecified atom stereocenters. The molecular formula is C31H38ClN3O4S. The minimum absolute atomic E-state index is 0.100. The van der Waals surface area contributed by atoms with E-state index >= 15 is 0 Å². The number of halogens is 1. The molecular weight excluding hydrogens is 546 g/mol. The number of nitrogens with one attached hydrogen (secondary N) is 1. The van der Waals surface area contributed by atoms with Crippen molar-refractivity contribution in [2.45, 2.75) is 58.7 Å². The Labute approximate surface area is 243 Å². The number of nitrogens with zero attached hydrogens (tertiary/aromatic N) is 2. The Hall–Kier alpha value is -3.36. The summed E-state index contributed by atoms with van der Waals surface area (Å²) < 4.78 is 26.9. The van der Waals surface area contributed by atoms with Crippen LogP contribution in [0.5, 0.6) is 0 Å². The van der Waals surface area contributed by atoms with Crippen molar-refractivity contribution < 1.29 is 18.0 Å². The molecule has 0 radical (unpaired) electrons. The molecule has 0 aliphatic rings. The van der Waals surface area contributed by atoms with Crippen molar-refractivity contribution in [1.29, 1.82) is 0 Å². The Balaban J connectivity index is 2.03. The van der Waals surface area contributed by atoms with Gasteiger partial charge < -0.3 is 10.2 Å². The summed E-state index contributed by atoms with van der Waals surface area (Å²) in [5.74, 6) is -0.531. The topological polar surface area (TPSA) is 86.8 Å². The lowest BCUT2D eigenvalue weighted by Gasteiger charge is -2.34. The summed E-state index contributed by atoms with van der Waals surface area (Å²) >= 11 is 6.09. The van der Waals surface area contributed by atoms with Crippen molar-refractivity contribution in [2.75, 3.05) is 17.1 Å². The second-order valence-corrected chi connectivity index (χ2v) is 12.9. The maximum atomic E-state index is 14.1. The number of rotatable bonds is 12. The molecule has 0 aromatic heterocycles. The van der Waals surface area contributed by atoms with Crippen LogP contribution in [0, 0.1) is 0 Å².